The van der Waals surface area contributed by atoms with E-state index in [0.717, 1.165) is 0 Å². The third-order valence-corrected chi connectivity index (χ3v) is 4.04. The molecule has 0 amide bonds. The SMILES string of the molecule is CCC(OOC(=O)c1cccc(OC)c1OC)OOC(=O)c1cccc(OC)c1OC. The van der Waals surface area contributed by atoms with Crippen molar-refractivity contribution in [1.29, 1.82) is 0 Å². The van der Waals surface area contributed by atoms with E-state index >= 15 is 0 Å². The standard InChI is InChI=1S/C21H24O10/c1-6-17(28-30-20(22)13-9-7-11-15(24-2)18(13)26-4)29-31-21(23)14-10-8-12-16(25-3)19(14)27-5/h7-12,17H,6H2,1-5H3. The Labute approximate surface area is 179 Å². The molecule has 0 aromatic heterocycles. The van der Waals surface area contributed by atoms with E-state index < -0.39 is 18.2 Å². The summed E-state index contributed by atoms with van der Waals surface area (Å²) in [5.74, 6) is -0.631. The normalized spacial score (nSPS) is 10.4. The van der Waals surface area contributed by atoms with Crippen LogP contribution in [-0.2, 0) is 19.6 Å². The fourth-order valence-corrected chi connectivity index (χ4v) is 2.53. The summed E-state index contributed by atoms with van der Waals surface area (Å²) in [4.78, 5) is 44.2. The molecule has 2 aromatic rings. The predicted octanol–water partition coefficient (Wildman–Crippen LogP) is 3.33. The first-order valence-corrected chi connectivity index (χ1v) is 9.17. The van der Waals surface area contributed by atoms with Gasteiger partial charge < -0.3 is 18.9 Å². The molecule has 0 spiro atoms. The van der Waals surface area contributed by atoms with Crippen molar-refractivity contribution in [3.63, 3.8) is 0 Å². The van der Waals surface area contributed by atoms with E-state index in [4.69, 9.17) is 38.5 Å². The van der Waals surface area contributed by atoms with Crippen molar-refractivity contribution in [2.24, 2.45) is 0 Å². The molecule has 0 saturated heterocycles. The summed E-state index contributed by atoms with van der Waals surface area (Å²) >= 11 is 0. The molecule has 0 atom stereocenters. The second-order valence-electron chi connectivity index (χ2n) is 5.85. The van der Waals surface area contributed by atoms with Crippen LogP contribution in [0.1, 0.15) is 34.1 Å². The van der Waals surface area contributed by atoms with Crippen LogP contribution in [0.25, 0.3) is 0 Å². The van der Waals surface area contributed by atoms with Crippen molar-refractivity contribution in [2.45, 2.75) is 19.6 Å². The highest BCUT2D eigenvalue weighted by atomic mass is 17.3. The van der Waals surface area contributed by atoms with Gasteiger partial charge in [0, 0.05) is 6.42 Å². The lowest BCUT2D eigenvalue weighted by molar-refractivity contribution is -0.420. The number of methoxy groups -OCH3 is 4. The van der Waals surface area contributed by atoms with Crippen LogP contribution in [0.2, 0.25) is 0 Å². The van der Waals surface area contributed by atoms with Gasteiger partial charge in [-0.25, -0.2) is 9.59 Å². The molecule has 10 nitrogen and oxygen atoms in total. The summed E-state index contributed by atoms with van der Waals surface area (Å²) in [6.07, 6.45) is -0.980. The fourth-order valence-electron chi connectivity index (χ4n) is 2.53. The van der Waals surface area contributed by atoms with Crippen LogP contribution in [0.3, 0.4) is 0 Å². The van der Waals surface area contributed by atoms with Gasteiger partial charge in [-0.2, -0.15) is 0 Å². The second-order valence-corrected chi connectivity index (χ2v) is 5.85. The lowest BCUT2D eigenvalue weighted by atomic mass is 10.2. The molecule has 0 fully saturated rings. The Morgan fingerprint density at radius 1 is 0.710 bits per heavy atom. The van der Waals surface area contributed by atoms with Crippen molar-refractivity contribution >= 4 is 11.9 Å². The Bertz CT molecular complexity index is 824. The quantitative estimate of drug-likeness (QED) is 0.296. The largest absolute Gasteiger partial charge is 0.493 e. The first-order valence-electron chi connectivity index (χ1n) is 9.17. The lowest BCUT2D eigenvalue weighted by Gasteiger charge is -2.15. The average molecular weight is 436 g/mol. The van der Waals surface area contributed by atoms with E-state index in [0.29, 0.717) is 11.5 Å². The Kier molecular flexibility index (Phi) is 8.92. The molecule has 0 aliphatic carbocycles. The van der Waals surface area contributed by atoms with Gasteiger partial charge in [-0.3, -0.25) is 9.78 Å². The summed E-state index contributed by atoms with van der Waals surface area (Å²) in [5.41, 5.74) is 0.157. The molecule has 2 aromatic carbocycles. The Hall–Kier alpha value is -3.50. The number of benzene rings is 2. The van der Waals surface area contributed by atoms with Crippen molar-refractivity contribution < 1.29 is 48.1 Å². The zero-order valence-corrected chi connectivity index (χ0v) is 17.8. The van der Waals surface area contributed by atoms with E-state index in [-0.39, 0.29) is 29.0 Å². The molecule has 0 saturated carbocycles. The number of para-hydroxylation sites is 2. The average Bonchev–Trinajstić information content (AvgIpc) is 2.82. The maximum atomic E-state index is 12.4. The molecule has 0 aliphatic heterocycles. The van der Waals surface area contributed by atoms with E-state index in [9.17, 15) is 9.59 Å². The van der Waals surface area contributed by atoms with Gasteiger partial charge in [-0.1, -0.05) is 19.1 Å². The van der Waals surface area contributed by atoms with Crippen LogP contribution >= 0.6 is 0 Å². The molecular weight excluding hydrogens is 412 g/mol. The summed E-state index contributed by atoms with van der Waals surface area (Å²) in [7, 11) is 5.66. The number of carbonyl (C=O) groups excluding carboxylic acids is 2. The molecular formula is C21H24O10. The van der Waals surface area contributed by atoms with Crippen LogP contribution in [-0.4, -0.2) is 46.7 Å². The van der Waals surface area contributed by atoms with Crippen molar-refractivity contribution in [3.8, 4) is 23.0 Å². The van der Waals surface area contributed by atoms with Gasteiger partial charge in [0.15, 0.2) is 23.0 Å². The van der Waals surface area contributed by atoms with Gasteiger partial charge in [0.05, 0.1) is 28.4 Å². The van der Waals surface area contributed by atoms with E-state index in [2.05, 4.69) is 0 Å². The maximum Gasteiger partial charge on any atom is 0.377 e. The van der Waals surface area contributed by atoms with Crippen molar-refractivity contribution in [1.82, 2.24) is 0 Å². The topological polar surface area (TPSA) is 108 Å². The molecule has 0 unspecified atom stereocenters. The highest BCUT2D eigenvalue weighted by Gasteiger charge is 2.23. The zero-order chi connectivity index (χ0) is 22.8. The number of carbonyl (C=O) groups is 2. The number of hydrogen-bond acceptors (Lipinski definition) is 10. The van der Waals surface area contributed by atoms with E-state index in [1.807, 2.05) is 0 Å². The van der Waals surface area contributed by atoms with Gasteiger partial charge in [-0.05, 0) is 24.3 Å². The third-order valence-electron chi connectivity index (χ3n) is 4.04. The number of hydrogen-bond donors (Lipinski definition) is 0. The summed E-state index contributed by atoms with van der Waals surface area (Å²) in [5, 5.41) is 0. The molecule has 0 radical (unpaired) electrons. The minimum Gasteiger partial charge on any atom is -0.493 e. The van der Waals surface area contributed by atoms with Crippen LogP contribution in [0, 0.1) is 0 Å². The molecule has 0 bridgehead atoms. The van der Waals surface area contributed by atoms with Crippen LogP contribution < -0.4 is 18.9 Å². The Morgan fingerprint density at radius 2 is 1.13 bits per heavy atom. The monoisotopic (exact) mass is 436 g/mol. The molecule has 2 rings (SSSR count). The zero-order valence-electron chi connectivity index (χ0n) is 17.8. The van der Waals surface area contributed by atoms with Crippen LogP contribution in [0.4, 0.5) is 0 Å². The predicted molar refractivity (Wildman–Crippen MR) is 106 cm³/mol. The van der Waals surface area contributed by atoms with Crippen molar-refractivity contribution in [2.75, 3.05) is 28.4 Å². The summed E-state index contributed by atoms with van der Waals surface area (Å²) in [6, 6.07) is 9.39. The lowest BCUT2D eigenvalue weighted by Crippen LogP contribution is -2.22. The first-order chi connectivity index (χ1) is 15.0. The summed E-state index contributed by atoms with van der Waals surface area (Å²) < 4.78 is 20.7. The van der Waals surface area contributed by atoms with Crippen LogP contribution in [0.15, 0.2) is 36.4 Å². The smallest absolute Gasteiger partial charge is 0.377 e. The van der Waals surface area contributed by atoms with Crippen molar-refractivity contribution in [3.05, 3.63) is 47.5 Å². The second kappa shape index (κ2) is 11.6. The molecule has 10 heteroatoms. The van der Waals surface area contributed by atoms with Gasteiger partial charge >= 0.3 is 11.9 Å². The van der Waals surface area contributed by atoms with Gasteiger partial charge in [0.2, 0.25) is 6.29 Å². The number of ether oxygens (including phenoxy) is 4. The highest BCUT2D eigenvalue weighted by molar-refractivity contribution is 5.93. The van der Waals surface area contributed by atoms with E-state index in [1.165, 1.54) is 40.6 Å². The molecule has 0 N–H and O–H groups in total. The van der Waals surface area contributed by atoms with Crippen LogP contribution in [0.5, 0.6) is 23.0 Å². The highest BCUT2D eigenvalue weighted by Crippen LogP contribution is 2.32. The molecule has 0 aliphatic rings. The molecule has 31 heavy (non-hydrogen) atoms. The van der Waals surface area contributed by atoms with Gasteiger partial charge in [-0.15, -0.1) is 9.78 Å². The van der Waals surface area contributed by atoms with E-state index in [1.54, 1.807) is 31.2 Å². The Morgan fingerprint density at radius 3 is 1.45 bits per heavy atom. The number of rotatable bonds is 11. The third kappa shape index (κ3) is 5.77. The minimum atomic E-state index is -1.18. The fraction of sp³-hybridized carbons (Fsp3) is 0.333. The molecule has 0 heterocycles. The first kappa shape index (κ1) is 23.8. The minimum absolute atomic E-state index is 0.0785. The summed E-state index contributed by atoms with van der Waals surface area (Å²) in [6.45, 7) is 1.67. The Balaban J connectivity index is 1.99. The maximum absolute atomic E-state index is 12.4. The molecule has 168 valence electrons. The van der Waals surface area contributed by atoms with Gasteiger partial charge in [0.1, 0.15) is 11.1 Å². The van der Waals surface area contributed by atoms with Gasteiger partial charge in [0.25, 0.3) is 0 Å².